The van der Waals surface area contributed by atoms with Crippen LogP contribution in [0.4, 0.5) is 0 Å². The molecule has 0 aromatic carbocycles. The fraction of sp³-hybridized carbons (Fsp3) is 0.833. The molecule has 1 aliphatic heterocycles. The highest BCUT2D eigenvalue weighted by molar-refractivity contribution is 5.85. The van der Waals surface area contributed by atoms with Crippen molar-refractivity contribution in [3.63, 3.8) is 0 Å². The molecule has 1 saturated heterocycles. The van der Waals surface area contributed by atoms with Crippen molar-refractivity contribution in [1.29, 1.82) is 0 Å². The first-order valence-corrected chi connectivity index (χ1v) is 17.2. The van der Waals surface area contributed by atoms with Gasteiger partial charge in [-0.25, -0.2) is 0 Å². The van der Waals surface area contributed by atoms with E-state index in [1.54, 1.807) is 25.7 Å². The van der Waals surface area contributed by atoms with E-state index in [0.717, 1.165) is 71.2 Å². The van der Waals surface area contributed by atoms with Gasteiger partial charge in [-0.1, -0.05) is 52.4 Å². The predicted octanol–water partition coefficient (Wildman–Crippen LogP) is 5.10. The zero-order valence-electron chi connectivity index (χ0n) is 31.5. The van der Waals surface area contributed by atoms with Crippen molar-refractivity contribution >= 4 is 24.8 Å². The number of carbonyl (C=O) groups is 4. The van der Waals surface area contributed by atoms with Crippen LogP contribution in [0.5, 0.6) is 0 Å². The molecule has 3 atom stereocenters. The number of rotatable bonds is 13. The second-order valence-electron chi connectivity index (χ2n) is 12.0. The Morgan fingerprint density at radius 2 is 1.43 bits per heavy atom. The normalized spacial score (nSPS) is 16.4. The molecule has 10 nitrogen and oxygen atoms in total. The number of aliphatic hydroxyl groups is 2. The van der Waals surface area contributed by atoms with Crippen LogP contribution in [0.25, 0.3) is 0 Å². The molecule has 10 heteroatoms. The van der Waals surface area contributed by atoms with E-state index in [0.29, 0.717) is 18.5 Å². The quantitative estimate of drug-likeness (QED) is 0.103. The SMILES string of the molecule is C=C.CC(C)(C)O.CC=O.CCCCC(C)NC.CCCCNCC=O.CNC(C(=O)N1CCCC1C=O)C1CCCCC1.CO. The van der Waals surface area contributed by atoms with E-state index >= 15 is 0 Å². The Morgan fingerprint density at radius 3 is 1.83 bits per heavy atom. The fourth-order valence-corrected chi connectivity index (χ4v) is 4.53. The molecule has 0 spiro atoms. The second-order valence-corrected chi connectivity index (χ2v) is 12.0. The number of carbonyl (C=O) groups excluding carboxylic acids is 4. The van der Waals surface area contributed by atoms with E-state index < -0.39 is 5.60 Å². The summed E-state index contributed by atoms with van der Waals surface area (Å²) >= 11 is 0. The van der Waals surface area contributed by atoms with Gasteiger partial charge in [0.2, 0.25) is 5.91 Å². The minimum atomic E-state index is -0.500. The van der Waals surface area contributed by atoms with E-state index in [4.69, 9.17) is 15.0 Å². The molecule has 1 saturated carbocycles. The highest BCUT2D eigenvalue weighted by Gasteiger charge is 2.36. The molecule has 0 radical (unpaired) electrons. The summed E-state index contributed by atoms with van der Waals surface area (Å²) < 4.78 is 0. The lowest BCUT2D eigenvalue weighted by Crippen LogP contribution is -2.51. The van der Waals surface area contributed by atoms with Crippen LogP contribution in [0.2, 0.25) is 0 Å². The smallest absolute Gasteiger partial charge is 0.240 e. The largest absolute Gasteiger partial charge is 0.400 e. The van der Waals surface area contributed by atoms with E-state index in [1.165, 1.54) is 51.9 Å². The molecule has 2 aliphatic rings. The van der Waals surface area contributed by atoms with Gasteiger partial charge in [0.05, 0.1) is 24.2 Å². The molecule has 0 aromatic heterocycles. The molecule has 0 bridgehead atoms. The minimum absolute atomic E-state index is 0.0918. The number of unbranched alkanes of at least 4 members (excludes halogenated alkanes) is 2. The van der Waals surface area contributed by atoms with Crippen LogP contribution in [-0.2, 0) is 19.2 Å². The Hall–Kier alpha value is -1.98. The summed E-state index contributed by atoms with van der Waals surface area (Å²) in [5.41, 5.74) is -0.500. The number of likely N-dealkylation sites (tertiary alicyclic amines) is 1. The van der Waals surface area contributed by atoms with Crippen LogP contribution in [0.3, 0.4) is 0 Å². The van der Waals surface area contributed by atoms with E-state index in [-0.39, 0.29) is 18.0 Å². The van der Waals surface area contributed by atoms with Crippen molar-refractivity contribution in [2.75, 3.05) is 40.8 Å². The van der Waals surface area contributed by atoms with Crippen LogP contribution in [0, 0.1) is 5.92 Å². The van der Waals surface area contributed by atoms with Crippen molar-refractivity contribution in [3.8, 4) is 0 Å². The molecular weight excluding hydrogens is 584 g/mol. The molecule has 46 heavy (non-hydrogen) atoms. The highest BCUT2D eigenvalue weighted by atomic mass is 16.3. The van der Waals surface area contributed by atoms with Gasteiger partial charge in [-0.05, 0) is 99.7 Å². The highest BCUT2D eigenvalue weighted by Crippen LogP contribution is 2.28. The number of hydrogen-bond acceptors (Lipinski definition) is 9. The number of aldehydes is 3. The van der Waals surface area contributed by atoms with E-state index in [1.807, 2.05) is 14.1 Å². The monoisotopic (exact) mass is 661 g/mol. The molecule has 3 unspecified atom stereocenters. The topological polar surface area (TPSA) is 148 Å². The minimum Gasteiger partial charge on any atom is -0.400 e. The maximum atomic E-state index is 12.5. The molecule has 276 valence electrons. The van der Waals surface area contributed by atoms with Crippen molar-refractivity contribution in [2.45, 2.75) is 149 Å². The van der Waals surface area contributed by atoms with Crippen LogP contribution >= 0.6 is 0 Å². The summed E-state index contributed by atoms with van der Waals surface area (Å²) in [6.45, 7) is 21.5. The lowest BCUT2D eigenvalue weighted by molar-refractivity contribution is -0.138. The van der Waals surface area contributed by atoms with Crippen LogP contribution in [-0.4, -0.2) is 104 Å². The third-order valence-electron chi connectivity index (χ3n) is 6.86. The average Bonchev–Trinajstić information content (AvgIpc) is 3.54. The van der Waals surface area contributed by atoms with Gasteiger partial charge < -0.3 is 45.4 Å². The zero-order chi connectivity index (χ0) is 36.8. The van der Waals surface area contributed by atoms with E-state index in [9.17, 15) is 14.4 Å². The van der Waals surface area contributed by atoms with Gasteiger partial charge in [-0.2, -0.15) is 0 Å². The fourth-order valence-electron chi connectivity index (χ4n) is 4.53. The van der Waals surface area contributed by atoms with Gasteiger partial charge in [0.15, 0.2) is 0 Å². The van der Waals surface area contributed by atoms with Gasteiger partial charge in [-0.3, -0.25) is 4.79 Å². The molecule has 5 N–H and O–H groups in total. The van der Waals surface area contributed by atoms with Crippen LogP contribution < -0.4 is 16.0 Å². The molecule has 0 aromatic rings. The third kappa shape index (κ3) is 38.2. The van der Waals surface area contributed by atoms with Crippen LogP contribution in [0.1, 0.15) is 126 Å². The summed E-state index contributed by atoms with van der Waals surface area (Å²) in [6, 6.07) is 0.428. The number of likely N-dealkylation sites (N-methyl/N-ethyl adjacent to an activating group) is 1. The number of amides is 1. The molecule has 1 amide bonds. The summed E-state index contributed by atoms with van der Waals surface area (Å²) in [7, 11) is 4.88. The Labute approximate surface area is 283 Å². The summed E-state index contributed by atoms with van der Waals surface area (Å²) in [5.74, 6) is 0.586. The molecular formula is C36H76N4O6. The van der Waals surface area contributed by atoms with Gasteiger partial charge in [0.25, 0.3) is 0 Å². The summed E-state index contributed by atoms with van der Waals surface area (Å²) in [4.78, 5) is 43.8. The standard InChI is InChI=1S/C14H24N2O2.C7H17N.C6H13NO.C4H10O.C2H4O.C2H4.CH4O/c1-15-13(11-6-3-2-4-7-11)14(18)16-9-5-8-12(16)10-17;1-4-5-6-7(2)8-3;1-2-3-4-7-5-6-8;1-4(2,3)5;1-2-3;2*1-2/h10-13,15H,2-9H2,1H3;7-8H,4-6H2,1-3H3;6-7H,2-5H2,1H3;5H,1-3H3;2H,1H3;1-2H2;2H,1H3. The predicted molar refractivity (Wildman–Crippen MR) is 195 cm³/mol. The zero-order valence-corrected chi connectivity index (χ0v) is 31.5. The lowest BCUT2D eigenvalue weighted by Gasteiger charge is -2.33. The summed E-state index contributed by atoms with van der Waals surface area (Å²) in [6.07, 6.45) is 16.7. The van der Waals surface area contributed by atoms with E-state index in [2.05, 4.69) is 49.9 Å². The van der Waals surface area contributed by atoms with Gasteiger partial charge in [-0.15, -0.1) is 13.2 Å². The number of hydrogen-bond donors (Lipinski definition) is 5. The van der Waals surface area contributed by atoms with Gasteiger partial charge in [0.1, 0.15) is 18.9 Å². The summed E-state index contributed by atoms with van der Waals surface area (Å²) in [5, 5.41) is 24.9. The number of aliphatic hydroxyl groups excluding tert-OH is 1. The Bertz CT molecular complexity index is 649. The van der Waals surface area contributed by atoms with Gasteiger partial charge in [0, 0.05) is 19.7 Å². The van der Waals surface area contributed by atoms with Crippen molar-refractivity contribution in [1.82, 2.24) is 20.9 Å². The van der Waals surface area contributed by atoms with Crippen LogP contribution in [0.15, 0.2) is 13.2 Å². The molecule has 1 aliphatic carbocycles. The molecule has 2 fully saturated rings. The molecule has 1 heterocycles. The number of nitrogens with one attached hydrogen (secondary N) is 3. The Balaban J connectivity index is -0.000000169. The van der Waals surface area contributed by atoms with Gasteiger partial charge >= 0.3 is 0 Å². The van der Waals surface area contributed by atoms with Crippen molar-refractivity contribution in [3.05, 3.63) is 13.2 Å². The maximum absolute atomic E-state index is 12.5. The molecule has 2 rings (SSSR count). The first kappa shape index (κ1) is 53.5. The lowest BCUT2D eigenvalue weighted by atomic mass is 9.83. The Morgan fingerprint density at radius 1 is 0.935 bits per heavy atom. The first-order valence-electron chi connectivity index (χ1n) is 17.2. The maximum Gasteiger partial charge on any atom is 0.240 e. The van der Waals surface area contributed by atoms with Crippen molar-refractivity contribution in [2.24, 2.45) is 5.92 Å². The van der Waals surface area contributed by atoms with Crippen molar-refractivity contribution < 1.29 is 29.4 Å². The third-order valence-corrected chi connectivity index (χ3v) is 6.86. The Kier molecular flexibility index (Phi) is 47.7. The second kappa shape index (κ2) is 41.0. The average molecular weight is 661 g/mol. The number of nitrogens with zero attached hydrogens (tertiary/aromatic N) is 1. The first-order chi connectivity index (χ1) is 21.9.